The predicted octanol–water partition coefficient (Wildman–Crippen LogP) is 7.01. The van der Waals surface area contributed by atoms with Crippen LogP contribution in [0.1, 0.15) is 5.56 Å². The van der Waals surface area contributed by atoms with Crippen LogP contribution in [0.5, 0.6) is 11.5 Å². The van der Waals surface area contributed by atoms with E-state index in [0.717, 1.165) is 37.5 Å². The largest absolute Gasteiger partial charge is 0.508 e. The number of aromatic nitrogens is 3. The number of phenols is 1. The molecule has 0 amide bonds. The molecular formula is C27H21BrN4O2S. The van der Waals surface area contributed by atoms with E-state index in [1.54, 1.807) is 30.1 Å². The summed E-state index contributed by atoms with van der Waals surface area (Å²) >= 11 is 5.05. The Balaban J connectivity index is 1.41. The number of aromatic hydroxyl groups is 1. The Morgan fingerprint density at radius 2 is 1.74 bits per heavy atom. The van der Waals surface area contributed by atoms with Crippen molar-refractivity contribution in [3.05, 3.63) is 101 Å². The number of hydrogen-bond acceptors (Lipinski definition) is 7. The third-order valence-electron chi connectivity index (χ3n) is 5.25. The molecule has 0 saturated carbocycles. The van der Waals surface area contributed by atoms with Gasteiger partial charge in [0.2, 0.25) is 0 Å². The fraction of sp³-hybridized carbons (Fsp3) is 0.0741. The summed E-state index contributed by atoms with van der Waals surface area (Å²) < 4.78 is 7.15. The number of fused-ring (bicyclic) bond motifs is 1. The van der Waals surface area contributed by atoms with Crippen LogP contribution >= 0.6 is 27.7 Å². The van der Waals surface area contributed by atoms with Crippen molar-refractivity contribution in [2.45, 2.75) is 16.2 Å². The lowest BCUT2D eigenvalue weighted by molar-refractivity contribution is 0.322. The average Bonchev–Trinajstić information content (AvgIpc) is 2.88. The van der Waals surface area contributed by atoms with Crippen LogP contribution in [0.15, 0.2) is 106 Å². The van der Waals surface area contributed by atoms with E-state index in [4.69, 9.17) is 4.74 Å². The van der Waals surface area contributed by atoms with E-state index in [1.807, 2.05) is 54.6 Å². The molecule has 2 N–H and O–H groups in total. The summed E-state index contributed by atoms with van der Waals surface area (Å²) in [4.78, 5) is 15.0. The van der Waals surface area contributed by atoms with Crippen LogP contribution in [0.25, 0.3) is 11.0 Å². The lowest BCUT2D eigenvalue weighted by Crippen LogP contribution is -2.03. The highest BCUT2D eigenvalue weighted by atomic mass is 79.9. The van der Waals surface area contributed by atoms with Crippen molar-refractivity contribution >= 4 is 50.2 Å². The Morgan fingerprint density at radius 1 is 0.914 bits per heavy atom. The molecular weight excluding hydrogens is 524 g/mol. The van der Waals surface area contributed by atoms with Crippen molar-refractivity contribution in [3.63, 3.8) is 0 Å². The molecule has 5 aromatic rings. The molecule has 0 spiro atoms. The van der Waals surface area contributed by atoms with Gasteiger partial charge in [0.15, 0.2) is 5.65 Å². The molecule has 3 aromatic carbocycles. The minimum absolute atomic E-state index is 0.238. The van der Waals surface area contributed by atoms with E-state index in [-0.39, 0.29) is 5.75 Å². The highest BCUT2D eigenvalue weighted by Crippen LogP contribution is 2.38. The maximum Gasteiger partial charge on any atom is 0.164 e. The topological polar surface area (TPSA) is 80.2 Å². The molecule has 5 rings (SSSR count). The van der Waals surface area contributed by atoms with Gasteiger partial charge in [-0.15, -0.1) is 0 Å². The molecule has 0 radical (unpaired) electrons. The van der Waals surface area contributed by atoms with Gasteiger partial charge in [0.05, 0.1) is 17.7 Å². The summed E-state index contributed by atoms with van der Waals surface area (Å²) in [6, 6.07) is 25.2. The second-order valence-electron chi connectivity index (χ2n) is 7.70. The Bertz CT molecular complexity index is 1440. The molecule has 8 heteroatoms. The Labute approximate surface area is 215 Å². The van der Waals surface area contributed by atoms with Crippen LogP contribution in [0.3, 0.4) is 0 Å². The van der Waals surface area contributed by atoms with Crippen LogP contribution in [0.2, 0.25) is 0 Å². The highest BCUT2D eigenvalue weighted by Gasteiger charge is 2.11. The zero-order valence-corrected chi connectivity index (χ0v) is 21.0. The van der Waals surface area contributed by atoms with Crippen LogP contribution in [0.4, 0.5) is 11.5 Å². The van der Waals surface area contributed by atoms with Gasteiger partial charge in [-0.1, -0.05) is 39.8 Å². The van der Waals surface area contributed by atoms with Gasteiger partial charge < -0.3 is 15.2 Å². The summed E-state index contributed by atoms with van der Waals surface area (Å²) in [6.07, 6.45) is 4.02. The molecule has 0 unspecified atom stereocenters. The van der Waals surface area contributed by atoms with Crippen molar-refractivity contribution in [1.82, 2.24) is 15.0 Å². The molecule has 0 bridgehead atoms. The van der Waals surface area contributed by atoms with Gasteiger partial charge in [0.25, 0.3) is 0 Å². The average molecular weight is 545 g/mol. The number of benzene rings is 3. The van der Waals surface area contributed by atoms with Gasteiger partial charge in [-0.05, 0) is 66.2 Å². The molecule has 0 saturated heterocycles. The monoisotopic (exact) mass is 544 g/mol. The van der Waals surface area contributed by atoms with Crippen LogP contribution in [0, 0.1) is 0 Å². The van der Waals surface area contributed by atoms with Gasteiger partial charge in [-0.3, -0.25) is 0 Å². The van der Waals surface area contributed by atoms with Crippen molar-refractivity contribution < 1.29 is 9.84 Å². The number of hydrogen-bond donors (Lipinski definition) is 2. The number of ether oxygens (including phenoxy) is 1. The number of phenolic OH excluding ortho intramolecular Hbond substituents is 1. The van der Waals surface area contributed by atoms with Gasteiger partial charge in [0.1, 0.15) is 23.6 Å². The van der Waals surface area contributed by atoms with Crippen molar-refractivity contribution in [3.8, 4) is 11.5 Å². The molecule has 0 atom stereocenters. The lowest BCUT2D eigenvalue weighted by Gasteiger charge is -2.15. The van der Waals surface area contributed by atoms with E-state index in [1.165, 1.54) is 11.9 Å². The Hall–Kier alpha value is -3.62. The minimum Gasteiger partial charge on any atom is -0.508 e. The normalized spacial score (nSPS) is 10.9. The third kappa shape index (κ3) is 5.90. The second kappa shape index (κ2) is 10.8. The lowest BCUT2D eigenvalue weighted by atomic mass is 10.2. The molecule has 35 heavy (non-hydrogen) atoms. The van der Waals surface area contributed by atoms with E-state index in [9.17, 15) is 5.11 Å². The zero-order chi connectivity index (χ0) is 24.0. The quantitative estimate of drug-likeness (QED) is 0.217. The summed E-state index contributed by atoms with van der Waals surface area (Å²) in [5.74, 6) is 1.67. The second-order valence-corrected chi connectivity index (χ2v) is 9.73. The Morgan fingerprint density at radius 3 is 2.57 bits per heavy atom. The molecule has 0 aliphatic rings. The molecule has 6 nitrogen and oxygen atoms in total. The minimum atomic E-state index is 0.238. The fourth-order valence-electron chi connectivity index (χ4n) is 3.49. The van der Waals surface area contributed by atoms with Crippen LogP contribution in [-0.2, 0) is 6.42 Å². The standard InChI is InChI=1S/C27H21BrN4O2S/c28-19-5-3-18(4-6-19)13-15-34-21-9-12-25(35-22-10-7-20(33)8-11-22)24(16-21)32-27-23-2-1-14-29-26(23)30-17-31-27/h1-12,14,16-17,33H,13,15H2,(H,29,30,31,32). The van der Waals surface area contributed by atoms with Crippen LogP contribution < -0.4 is 10.1 Å². The first-order chi connectivity index (χ1) is 17.1. The van der Waals surface area contributed by atoms with Gasteiger partial charge >= 0.3 is 0 Å². The third-order valence-corrected chi connectivity index (χ3v) is 6.86. The number of nitrogens with one attached hydrogen (secondary N) is 1. The number of rotatable bonds is 8. The zero-order valence-electron chi connectivity index (χ0n) is 18.6. The van der Waals surface area contributed by atoms with E-state index in [0.29, 0.717) is 18.1 Å². The molecule has 0 aliphatic carbocycles. The number of pyridine rings is 1. The molecule has 0 aliphatic heterocycles. The first-order valence-corrected chi connectivity index (χ1v) is 12.6. The van der Waals surface area contributed by atoms with Gasteiger partial charge in [-0.25, -0.2) is 15.0 Å². The molecule has 0 fully saturated rings. The number of nitrogens with zero attached hydrogens (tertiary/aromatic N) is 3. The molecule has 2 heterocycles. The SMILES string of the molecule is Oc1ccc(Sc2ccc(OCCc3ccc(Br)cc3)cc2Nc2ncnc3ncccc23)cc1. The summed E-state index contributed by atoms with van der Waals surface area (Å²) in [5, 5.41) is 13.9. The molecule has 2 aromatic heterocycles. The van der Waals surface area contributed by atoms with Crippen molar-refractivity contribution in [2.24, 2.45) is 0 Å². The van der Waals surface area contributed by atoms with Gasteiger partial charge in [-0.2, -0.15) is 0 Å². The fourth-order valence-corrected chi connectivity index (χ4v) is 4.63. The smallest absolute Gasteiger partial charge is 0.164 e. The van der Waals surface area contributed by atoms with E-state index >= 15 is 0 Å². The summed E-state index contributed by atoms with van der Waals surface area (Å²) in [6.45, 7) is 0.561. The molecule has 174 valence electrons. The number of halogens is 1. The van der Waals surface area contributed by atoms with E-state index < -0.39 is 0 Å². The van der Waals surface area contributed by atoms with Crippen molar-refractivity contribution in [1.29, 1.82) is 0 Å². The first-order valence-electron chi connectivity index (χ1n) is 10.9. The predicted molar refractivity (Wildman–Crippen MR) is 143 cm³/mol. The van der Waals surface area contributed by atoms with Crippen LogP contribution in [-0.4, -0.2) is 26.7 Å². The van der Waals surface area contributed by atoms with Crippen molar-refractivity contribution in [2.75, 3.05) is 11.9 Å². The maximum atomic E-state index is 9.63. The Kier molecular flexibility index (Phi) is 7.11. The van der Waals surface area contributed by atoms with Gasteiger partial charge in [0, 0.05) is 32.9 Å². The van der Waals surface area contributed by atoms with E-state index in [2.05, 4.69) is 48.3 Å². The highest BCUT2D eigenvalue weighted by molar-refractivity contribution is 9.10. The number of anilines is 2. The maximum absolute atomic E-state index is 9.63. The summed E-state index contributed by atoms with van der Waals surface area (Å²) in [7, 11) is 0. The first kappa shape index (κ1) is 23.1. The summed E-state index contributed by atoms with van der Waals surface area (Å²) in [5.41, 5.74) is 2.69.